The number of ether oxygens (including phenoxy) is 1. The van der Waals surface area contributed by atoms with E-state index in [1.165, 1.54) is 0 Å². The first-order valence-electron chi connectivity index (χ1n) is 5.25. The fraction of sp³-hybridized carbons (Fsp3) is 0.636. The highest BCUT2D eigenvalue weighted by molar-refractivity contribution is 4.97. The van der Waals surface area contributed by atoms with Crippen molar-refractivity contribution in [1.82, 2.24) is 4.90 Å². The molecular weight excluding hydrogens is 192 g/mol. The van der Waals surface area contributed by atoms with Crippen LogP contribution in [-0.2, 0) is 11.3 Å². The summed E-state index contributed by atoms with van der Waals surface area (Å²) in [6.07, 6.45) is 1.69. The first-order valence-corrected chi connectivity index (χ1v) is 5.25. The van der Waals surface area contributed by atoms with E-state index in [2.05, 4.69) is 11.8 Å². The smallest absolute Gasteiger partial charge is 0.117 e. The summed E-state index contributed by atoms with van der Waals surface area (Å²) in [5, 5.41) is 0. The van der Waals surface area contributed by atoms with Gasteiger partial charge in [-0.1, -0.05) is 6.92 Å². The summed E-state index contributed by atoms with van der Waals surface area (Å²) < 4.78 is 10.3. The average molecular weight is 212 g/mol. The summed E-state index contributed by atoms with van der Waals surface area (Å²) >= 11 is 0. The van der Waals surface area contributed by atoms with Gasteiger partial charge in [0, 0.05) is 19.7 Å². The van der Waals surface area contributed by atoms with Crippen molar-refractivity contribution in [2.75, 3.05) is 26.8 Å². The molecule has 1 aromatic heterocycles. The SMILES string of the molecule is CCN(Cc1ccco1)CC(N)COC. The molecule has 0 saturated carbocycles. The van der Waals surface area contributed by atoms with Crippen LogP contribution >= 0.6 is 0 Å². The summed E-state index contributed by atoms with van der Waals surface area (Å²) in [6.45, 7) is 5.29. The standard InChI is InChI=1S/C11H20N2O2/c1-3-13(7-10(12)9-14-2)8-11-5-4-6-15-11/h4-6,10H,3,7-9,12H2,1-2H3. The van der Waals surface area contributed by atoms with Crippen LogP contribution in [0.25, 0.3) is 0 Å². The molecule has 0 aromatic carbocycles. The fourth-order valence-electron chi connectivity index (χ4n) is 1.53. The normalized spacial score (nSPS) is 13.3. The molecule has 1 unspecified atom stereocenters. The lowest BCUT2D eigenvalue weighted by molar-refractivity contribution is 0.150. The molecule has 0 spiro atoms. The summed E-state index contributed by atoms with van der Waals surface area (Å²) in [5.74, 6) is 0.974. The van der Waals surface area contributed by atoms with Gasteiger partial charge in [0.1, 0.15) is 5.76 Å². The van der Waals surface area contributed by atoms with E-state index in [1.54, 1.807) is 13.4 Å². The minimum atomic E-state index is 0.0601. The third-order valence-electron chi connectivity index (χ3n) is 2.28. The van der Waals surface area contributed by atoms with E-state index in [4.69, 9.17) is 14.9 Å². The summed E-state index contributed by atoms with van der Waals surface area (Å²) in [7, 11) is 1.67. The summed E-state index contributed by atoms with van der Waals surface area (Å²) in [4.78, 5) is 2.24. The van der Waals surface area contributed by atoms with Gasteiger partial charge in [-0.3, -0.25) is 4.90 Å². The van der Waals surface area contributed by atoms with Crippen molar-refractivity contribution in [2.45, 2.75) is 19.5 Å². The zero-order valence-corrected chi connectivity index (χ0v) is 9.48. The molecule has 86 valence electrons. The number of hydrogen-bond donors (Lipinski definition) is 1. The van der Waals surface area contributed by atoms with Crippen LogP contribution in [0.3, 0.4) is 0 Å². The van der Waals surface area contributed by atoms with Crippen molar-refractivity contribution in [1.29, 1.82) is 0 Å². The van der Waals surface area contributed by atoms with Gasteiger partial charge in [-0.25, -0.2) is 0 Å². The quantitative estimate of drug-likeness (QED) is 0.734. The van der Waals surface area contributed by atoms with E-state index in [-0.39, 0.29) is 6.04 Å². The average Bonchev–Trinajstić information content (AvgIpc) is 2.70. The molecule has 1 heterocycles. The van der Waals surface area contributed by atoms with Crippen molar-refractivity contribution < 1.29 is 9.15 Å². The third-order valence-corrected chi connectivity index (χ3v) is 2.28. The van der Waals surface area contributed by atoms with Crippen LogP contribution in [0.4, 0.5) is 0 Å². The van der Waals surface area contributed by atoms with Gasteiger partial charge < -0.3 is 14.9 Å². The molecule has 0 aliphatic rings. The largest absolute Gasteiger partial charge is 0.468 e. The molecule has 15 heavy (non-hydrogen) atoms. The molecule has 4 nitrogen and oxygen atoms in total. The Bertz CT molecular complexity index is 249. The van der Waals surface area contributed by atoms with Crippen molar-refractivity contribution >= 4 is 0 Å². The molecule has 0 aliphatic carbocycles. The van der Waals surface area contributed by atoms with Gasteiger partial charge in [-0.05, 0) is 18.7 Å². The maximum Gasteiger partial charge on any atom is 0.117 e. The van der Waals surface area contributed by atoms with Gasteiger partial charge in [0.25, 0.3) is 0 Å². The first kappa shape index (κ1) is 12.2. The summed E-state index contributed by atoms with van der Waals surface area (Å²) in [5.41, 5.74) is 5.89. The molecule has 1 aromatic rings. The molecule has 1 atom stereocenters. The van der Waals surface area contributed by atoms with Crippen LogP contribution in [0.1, 0.15) is 12.7 Å². The number of rotatable bonds is 7. The lowest BCUT2D eigenvalue weighted by Gasteiger charge is -2.22. The molecule has 1 rings (SSSR count). The molecule has 0 saturated heterocycles. The van der Waals surface area contributed by atoms with E-state index >= 15 is 0 Å². The molecule has 0 aliphatic heterocycles. The topological polar surface area (TPSA) is 51.6 Å². The lowest BCUT2D eigenvalue weighted by Crippen LogP contribution is -2.39. The van der Waals surface area contributed by atoms with Crippen molar-refractivity contribution in [2.24, 2.45) is 5.73 Å². The van der Waals surface area contributed by atoms with E-state index in [9.17, 15) is 0 Å². The second-order valence-electron chi connectivity index (χ2n) is 3.62. The van der Waals surface area contributed by atoms with Gasteiger partial charge in [0.05, 0.1) is 19.4 Å². The number of nitrogens with zero attached hydrogens (tertiary/aromatic N) is 1. The van der Waals surface area contributed by atoms with E-state index in [1.807, 2.05) is 12.1 Å². The van der Waals surface area contributed by atoms with Gasteiger partial charge in [-0.2, -0.15) is 0 Å². The number of methoxy groups -OCH3 is 1. The predicted octanol–water partition coefficient (Wildman–Crippen LogP) is 1.08. The Kier molecular flexibility index (Phi) is 5.39. The van der Waals surface area contributed by atoms with Crippen molar-refractivity contribution in [3.63, 3.8) is 0 Å². The highest BCUT2D eigenvalue weighted by Gasteiger charge is 2.10. The molecule has 0 fully saturated rings. The Morgan fingerprint density at radius 2 is 2.40 bits per heavy atom. The van der Waals surface area contributed by atoms with Gasteiger partial charge in [-0.15, -0.1) is 0 Å². The Balaban J connectivity index is 2.35. The lowest BCUT2D eigenvalue weighted by atomic mass is 10.3. The minimum absolute atomic E-state index is 0.0601. The minimum Gasteiger partial charge on any atom is -0.468 e. The first-order chi connectivity index (χ1) is 7.26. The van der Waals surface area contributed by atoms with E-state index in [0.717, 1.165) is 25.4 Å². The molecule has 0 amide bonds. The number of furan rings is 1. The number of nitrogens with two attached hydrogens (primary N) is 1. The zero-order chi connectivity index (χ0) is 11.1. The number of hydrogen-bond acceptors (Lipinski definition) is 4. The Labute approximate surface area is 91.0 Å². The molecular formula is C11H20N2O2. The highest BCUT2D eigenvalue weighted by atomic mass is 16.5. The van der Waals surface area contributed by atoms with Gasteiger partial charge in [0.2, 0.25) is 0 Å². The van der Waals surface area contributed by atoms with E-state index < -0.39 is 0 Å². The fourth-order valence-corrected chi connectivity index (χ4v) is 1.53. The monoisotopic (exact) mass is 212 g/mol. The third kappa shape index (κ3) is 4.46. The molecule has 0 bridgehead atoms. The van der Waals surface area contributed by atoms with Gasteiger partial charge >= 0.3 is 0 Å². The van der Waals surface area contributed by atoms with Crippen LogP contribution in [0.2, 0.25) is 0 Å². The van der Waals surface area contributed by atoms with Crippen LogP contribution in [0.15, 0.2) is 22.8 Å². The molecule has 0 radical (unpaired) electrons. The Morgan fingerprint density at radius 1 is 1.60 bits per heavy atom. The Hall–Kier alpha value is -0.840. The van der Waals surface area contributed by atoms with Crippen LogP contribution in [-0.4, -0.2) is 37.7 Å². The maximum atomic E-state index is 5.89. The summed E-state index contributed by atoms with van der Waals surface area (Å²) in [6, 6.07) is 3.94. The second-order valence-corrected chi connectivity index (χ2v) is 3.62. The van der Waals surface area contributed by atoms with Crippen LogP contribution < -0.4 is 5.73 Å². The van der Waals surface area contributed by atoms with Crippen LogP contribution in [0, 0.1) is 0 Å². The van der Waals surface area contributed by atoms with Crippen molar-refractivity contribution in [3.05, 3.63) is 24.2 Å². The van der Waals surface area contributed by atoms with E-state index in [0.29, 0.717) is 6.61 Å². The molecule has 2 N–H and O–H groups in total. The second kappa shape index (κ2) is 6.61. The maximum absolute atomic E-state index is 5.89. The van der Waals surface area contributed by atoms with Crippen LogP contribution in [0.5, 0.6) is 0 Å². The number of likely N-dealkylation sites (N-methyl/N-ethyl adjacent to an activating group) is 1. The predicted molar refractivity (Wildman–Crippen MR) is 59.5 cm³/mol. The van der Waals surface area contributed by atoms with Crippen molar-refractivity contribution in [3.8, 4) is 0 Å². The zero-order valence-electron chi connectivity index (χ0n) is 9.48. The van der Waals surface area contributed by atoms with Gasteiger partial charge in [0.15, 0.2) is 0 Å². The highest BCUT2D eigenvalue weighted by Crippen LogP contribution is 2.05. The Morgan fingerprint density at radius 3 is 2.93 bits per heavy atom. The molecule has 4 heteroatoms.